The summed E-state index contributed by atoms with van der Waals surface area (Å²) in [5.41, 5.74) is 0.587. The molecule has 100 valence electrons. The van der Waals surface area contributed by atoms with Gasteiger partial charge in [0.1, 0.15) is 6.61 Å². The van der Waals surface area contributed by atoms with Crippen LogP contribution in [0.5, 0.6) is 5.88 Å². The predicted molar refractivity (Wildman–Crippen MR) is 68.1 cm³/mol. The number of hydrogen-bond acceptors (Lipinski definition) is 4. The quantitative estimate of drug-likeness (QED) is 0.832. The molecule has 2 heterocycles. The summed E-state index contributed by atoms with van der Waals surface area (Å²) in [6, 6.07) is 1.67. The minimum absolute atomic E-state index is 0.113. The van der Waals surface area contributed by atoms with Crippen LogP contribution in [0.3, 0.4) is 0 Å². The highest BCUT2D eigenvalue weighted by atomic mass is 19.1. The Morgan fingerprint density at radius 3 is 2.94 bits per heavy atom. The molecule has 1 saturated heterocycles. The van der Waals surface area contributed by atoms with Gasteiger partial charge in [0.25, 0.3) is 5.88 Å². The topological polar surface area (TPSA) is 37.4 Å². The van der Waals surface area contributed by atoms with Crippen LogP contribution < -0.4 is 10.1 Å². The van der Waals surface area contributed by atoms with Crippen LogP contribution in [0, 0.1) is 5.82 Å². The number of hydrogen-bond donors (Lipinski definition) is 1. The number of rotatable bonds is 6. The van der Waals surface area contributed by atoms with E-state index in [2.05, 4.69) is 15.2 Å². The van der Waals surface area contributed by atoms with Crippen molar-refractivity contribution in [3.05, 3.63) is 23.6 Å². The van der Waals surface area contributed by atoms with Crippen molar-refractivity contribution in [1.82, 2.24) is 15.2 Å². The fraction of sp³-hybridized carbons (Fsp3) is 0.615. The molecule has 0 radical (unpaired) electrons. The Hall–Kier alpha value is -1.20. The molecule has 1 aromatic rings. The summed E-state index contributed by atoms with van der Waals surface area (Å²) >= 11 is 0. The Morgan fingerprint density at radius 1 is 1.44 bits per heavy atom. The van der Waals surface area contributed by atoms with Gasteiger partial charge in [-0.25, -0.2) is 9.37 Å². The molecule has 1 aliphatic rings. The lowest BCUT2D eigenvalue weighted by atomic mass is 10.2. The monoisotopic (exact) mass is 253 g/mol. The zero-order valence-electron chi connectivity index (χ0n) is 10.8. The van der Waals surface area contributed by atoms with Crippen LogP contribution in [-0.2, 0) is 6.54 Å². The number of pyridine rings is 1. The van der Waals surface area contributed by atoms with E-state index < -0.39 is 0 Å². The van der Waals surface area contributed by atoms with Crippen molar-refractivity contribution in [2.45, 2.75) is 19.4 Å². The molecule has 1 aromatic heterocycles. The maximum atomic E-state index is 13.9. The van der Waals surface area contributed by atoms with Gasteiger partial charge < -0.3 is 10.1 Å². The third-order valence-corrected chi connectivity index (χ3v) is 3.15. The second-order valence-electron chi connectivity index (χ2n) is 4.52. The van der Waals surface area contributed by atoms with Gasteiger partial charge in [0.2, 0.25) is 0 Å². The van der Waals surface area contributed by atoms with E-state index in [1.165, 1.54) is 12.8 Å². The zero-order valence-corrected chi connectivity index (χ0v) is 10.8. The fourth-order valence-corrected chi connectivity index (χ4v) is 2.17. The van der Waals surface area contributed by atoms with E-state index in [-0.39, 0.29) is 11.7 Å². The van der Waals surface area contributed by atoms with Crippen molar-refractivity contribution in [2.75, 3.05) is 33.3 Å². The Labute approximate surface area is 107 Å². The van der Waals surface area contributed by atoms with E-state index in [9.17, 15) is 4.39 Å². The number of halogens is 1. The molecule has 0 amide bonds. The van der Waals surface area contributed by atoms with Crippen LogP contribution in [0.4, 0.5) is 4.39 Å². The summed E-state index contributed by atoms with van der Waals surface area (Å²) in [6.45, 7) is 4.07. The summed E-state index contributed by atoms with van der Waals surface area (Å²) in [7, 11) is 1.79. The van der Waals surface area contributed by atoms with Crippen molar-refractivity contribution >= 4 is 0 Å². The normalized spacial score (nSPS) is 16.1. The molecule has 18 heavy (non-hydrogen) atoms. The van der Waals surface area contributed by atoms with Crippen LogP contribution in [0.1, 0.15) is 18.4 Å². The average molecular weight is 253 g/mol. The third-order valence-electron chi connectivity index (χ3n) is 3.15. The largest absolute Gasteiger partial charge is 0.474 e. The van der Waals surface area contributed by atoms with Gasteiger partial charge in [-0.2, -0.15) is 0 Å². The first kappa shape index (κ1) is 13.2. The Morgan fingerprint density at radius 2 is 2.22 bits per heavy atom. The van der Waals surface area contributed by atoms with Gasteiger partial charge >= 0.3 is 0 Å². The lowest BCUT2D eigenvalue weighted by Crippen LogP contribution is -2.25. The second kappa shape index (κ2) is 6.66. The van der Waals surface area contributed by atoms with Gasteiger partial charge in [0.05, 0.1) is 0 Å². The van der Waals surface area contributed by atoms with Crippen LogP contribution in [0.15, 0.2) is 12.3 Å². The highest BCUT2D eigenvalue weighted by molar-refractivity contribution is 5.23. The first-order chi connectivity index (χ1) is 8.81. The zero-order chi connectivity index (χ0) is 12.8. The highest BCUT2D eigenvalue weighted by Crippen LogP contribution is 2.17. The molecule has 5 heteroatoms. The van der Waals surface area contributed by atoms with Crippen molar-refractivity contribution in [2.24, 2.45) is 0 Å². The Balaban J connectivity index is 1.86. The van der Waals surface area contributed by atoms with Crippen LogP contribution in [-0.4, -0.2) is 43.2 Å². The molecule has 2 rings (SSSR count). The van der Waals surface area contributed by atoms with Gasteiger partial charge in [-0.3, -0.25) is 4.90 Å². The molecule has 0 saturated carbocycles. The van der Waals surface area contributed by atoms with E-state index in [0.717, 1.165) is 19.6 Å². The smallest absolute Gasteiger partial charge is 0.250 e. The second-order valence-corrected chi connectivity index (χ2v) is 4.52. The molecule has 0 aliphatic carbocycles. The first-order valence-electron chi connectivity index (χ1n) is 6.44. The highest BCUT2D eigenvalue weighted by Gasteiger charge is 2.13. The van der Waals surface area contributed by atoms with E-state index in [1.807, 2.05) is 0 Å². The molecular weight excluding hydrogens is 233 g/mol. The van der Waals surface area contributed by atoms with E-state index >= 15 is 0 Å². The molecular formula is C13H20FN3O. The standard InChI is InChI=1S/C13H20FN3O/c1-15-10-11-4-5-16-13(12(11)14)18-9-8-17-6-2-3-7-17/h4-5,15H,2-3,6-10H2,1H3. The summed E-state index contributed by atoms with van der Waals surface area (Å²) in [4.78, 5) is 6.27. The lowest BCUT2D eigenvalue weighted by molar-refractivity contribution is 0.224. The van der Waals surface area contributed by atoms with Crippen LogP contribution in [0.2, 0.25) is 0 Å². The predicted octanol–water partition coefficient (Wildman–Crippen LogP) is 1.41. The van der Waals surface area contributed by atoms with Gasteiger partial charge in [0, 0.05) is 24.8 Å². The first-order valence-corrected chi connectivity index (χ1v) is 6.44. The molecule has 4 nitrogen and oxygen atoms in total. The van der Waals surface area contributed by atoms with Gasteiger partial charge in [-0.05, 0) is 39.0 Å². The SMILES string of the molecule is CNCc1ccnc(OCCN2CCCC2)c1F. The van der Waals surface area contributed by atoms with E-state index in [0.29, 0.717) is 18.7 Å². The lowest BCUT2D eigenvalue weighted by Gasteiger charge is -2.15. The number of nitrogens with one attached hydrogen (secondary N) is 1. The van der Waals surface area contributed by atoms with E-state index in [4.69, 9.17) is 4.74 Å². The molecule has 0 aromatic carbocycles. The van der Waals surface area contributed by atoms with Crippen molar-refractivity contribution < 1.29 is 9.13 Å². The number of ether oxygens (including phenoxy) is 1. The molecule has 0 bridgehead atoms. The average Bonchev–Trinajstić information content (AvgIpc) is 2.87. The Kier molecular flexibility index (Phi) is 4.90. The van der Waals surface area contributed by atoms with Crippen LogP contribution in [0.25, 0.3) is 0 Å². The molecule has 1 N–H and O–H groups in total. The molecule has 0 unspecified atom stereocenters. The summed E-state index contributed by atoms with van der Waals surface area (Å²) < 4.78 is 19.3. The molecule has 0 atom stereocenters. The van der Waals surface area contributed by atoms with Crippen molar-refractivity contribution in [3.8, 4) is 5.88 Å². The maximum absolute atomic E-state index is 13.9. The maximum Gasteiger partial charge on any atom is 0.250 e. The number of likely N-dealkylation sites (tertiary alicyclic amines) is 1. The van der Waals surface area contributed by atoms with Crippen molar-refractivity contribution in [3.63, 3.8) is 0 Å². The van der Waals surface area contributed by atoms with Crippen LogP contribution >= 0.6 is 0 Å². The molecule has 0 spiro atoms. The fourth-order valence-electron chi connectivity index (χ4n) is 2.17. The Bertz CT molecular complexity index is 380. The van der Waals surface area contributed by atoms with Gasteiger partial charge in [-0.15, -0.1) is 0 Å². The minimum Gasteiger partial charge on any atom is -0.474 e. The number of aromatic nitrogens is 1. The van der Waals surface area contributed by atoms with E-state index in [1.54, 1.807) is 19.3 Å². The van der Waals surface area contributed by atoms with Gasteiger partial charge in [0.15, 0.2) is 5.82 Å². The number of nitrogens with zero attached hydrogens (tertiary/aromatic N) is 2. The minimum atomic E-state index is -0.353. The molecule has 1 fully saturated rings. The summed E-state index contributed by atoms with van der Waals surface area (Å²) in [5.74, 6) is -0.241. The summed E-state index contributed by atoms with van der Waals surface area (Å²) in [5, 5.41) is 2.92. The van der Waals surface area contributed by atoms with Gasteiger partial charge in [-0.1, -0.05) is 0 Å². The van der Waals surface area contributed by atoms with Crippen molar-refractivity contribution in [1.29, 1.82) is 0 Å². The summed E-state index contributed by atoms with van der Waals surface area (Å²) in [6.07, 6.45) is 4.09. The third kappa shape index (κ3) is 3.40. The molecule has 1 aliphatic heterocycles.